The fraction of sp³-hybridized carbons (Fsp3) is 0.692. The summed E-state index contributed by atoms with van der Waals surface area (Å²) in [7, 11) is 0. The molecular weight excluding hydrogens is 156 g/mol. The van der Waals surface area contributed by atoms with Gasteiger partial charge in [-0.05, 0) is 51.9 Å². The van der Waals surface area contributed by atoms with E-state index in [1.807, 2.05) is 0 Å². The summed E-state index contributed by atoms with van der Waals surface area (Å²) >= 11 is 0. The molecule has 0 amide bonds. The molecule has 0 bridgehead atoms. The second-order valence-corrected chi connectivity index (χ2v) is 4.56. The topological polar surface area (TPSA) is 0 Å². The highest BCUT2D eigenvalue weighted by Gasteiger charge is 2.10. The average molecular weight is 178 g/mol. The van der Waals surface area contributed by atoms with Crippen LogP contribution in [-0.2, 0) is 0 Å². The van der Waals surface area contributed by atoms with E-state index in [-0.39, 0.29) is 0 Å². The molecule has 1 aliphatic rings. The first-order valence-corrected chi connectivity index (χ1v) is 5.49. The Hall–Kier alpha value is -0.520. The summed E-state index contributed by atoms with van der Waals surface area (Å²) in [6, 6.07) is 0. The Kier molecular flexibility index (Phi) is 4.27. The number of allylic oxidation sites excluding steroid dienone is 4. The second kappa shape index (κ2) is 5.26. The summed E-state index contributed by atoms with van der Waals surface area (Å²) in [5, 5.41) is 0. The summed E-state index contributed by atoms with van der Waals surface area (Å²) in [5.74, 6) is 0.865. The Morgan fingerprint density at radius 1 is 1.38 bits per heavy atom. The maximum absolute atomic E-state index is 2.45. The van der Waals surface area contributed by atoms with Gasteiger partial charge in [-0.25, -0.2) is 0 Å². The normalized spacial score (nSPS) is 16.7. The van der Waals surface area contributed by atoms with Crippen LogP contribution in [0.3, 0.4) is 0 Å². The lowest BCUT2D eigenvalue weighted by atomic mass is 10.0. The van der Waals surface area contributed by atoms with Crippen molar-refractivity contribution in [1.29, 1.82) is 0 Å². The van der Waals surface area contributed by atoms with Crippen molar-refractivity contribution in [3.63, 3.8) is 0 Å². The van der Waals surface area contributed by atoms with Crippen LogP contribution in [0.1, 0.15) is 52.9 Å². The molecule has 1 rings (SSSR count). The van der Waals surface area contributed by atoms with Crippen LogP contribution in [-0.4, -0.2) is 0 Å². The lowest BCUT2D eigenvalue weighted by molar-refractivity contribution is 0.545. The molecule has 0 aromatic rings. The molecule has 1 aliphatic carbocycles. The summed E-state index contributed by atoms with van der Waals surface area (Å²) in [4.78, 5) is 0. The quantitative estimate of drug-likeness (QED) is 0.544. The van der Waals surface area contributed by atoms with Crippen LogP contribution in [0.5, 0.6) is 0 Å². The lowest BCUT2D eigenvalue weighted by Gasteiger charge is -2.05. The first kappa shape index (κ1) is 10.6. The highest BCUT2D eigenvalue weighted by Crippen LogP contribution is 2.29. The minimum absolute atomic E-state index is 0.865. The lowest BCUT2D eigenvalue weighted by Crippen LogP contribution is -1.91. The van der Waals surface area contributed by atoms with Gasteiger partial charge in [-0.15, -0.1) is 0 Å². The molecular formula is C13H22. The molecule has 0 N–H and O–H groups in total. The van der Waals surface area contributed by atoms with E-state index in [2.05, 4.69) is 32.9 Å². The smallest absolute Gasteiger partial charge is 0.0283 e. The first-order valence-electron chi connectivity index (χ1n) is 5.49. The van der Waals surface area contributed by atoms with Crippen LogP contribution in [0.25, 0.3) is 0 Å². The molecule has 0 heteroatoms. The molecule has 0 aromatic carbocycles. The largest absolute Gasteiger partial charge is 0.0859 e. The van der Waals surface area contributed by atoms with Gasteiger partial charge in [-0.2, -0.15) is 0 Å². The molecule has 1 atom stereocenters. The van der Waals surface area contributed by atoms with Crippen molar-refractivity contribution in [2.45, 2.75) is 52.9 Å². The van der Waals surface area contributed by atoms with Crippen LogP contribution in [0.2, 0.25) is 0 Å². The summed E-state index contributed by atoms with van der Waals surface area (Å²) in [6.45, 7) is 6.71. The monoisotopic (exact) mass is 178 g/mol. The van der Waals surface area contributed by atoms with E-state index in [0.717, 1.165) is 5.92 Å². The standard InChI is InChI=1S/C13H22/c1-11(2)5-4-6-12(3)7-8-13-9-10-13/h5,8,12H,4,6-7,9-10H2,1-3H3. The van der Waals surface area contributed by atoms with Gasteiger partial charge in [0, 0.05) is 0 Å². The SMILES string of the molecule is CC(C)=CCCC(C)CC=C1CC1. The van der Waals surface area contributed by atoms with Crippen molar-refractivity contribution in [2.75, 3.05) is 0 Å². The minimum atomic E-state index is 0.865. The maximum Gasteiger partial charge on any atom is -0.0283 e. The van der Waals surface area contributed by atoms with Gasteiger partial charge in [-0.1, -0.05) is 30.2 Å². The zero-order valence-corrected chi connectivity index (χ0v) is 9.27. The van der Waals surface area contributed by atoms with Gasteiger partial charge in [0.05, 0.1) is 0 Å². The van der Waals surface area contributed by atoms with Crippen LogP contribution in [0, 0.1) is 5.92 Å². The highest BCUT2D eigenvalue weighted by atomic mass is 14.2. The predicted octanol–water partition coefficient (Wildman–Crippen LogP) is 4.48. The molecule has 0 heterocycles. The Morgan fingerprint density at radius 2 is 2.08 bits per heavy atom. The molecule has 0 saturated heterocycles. The molecule has 0 nitrogen and oxygen atoms in total. The molecule has 1 fully saturated rings. The average Bonchev–Trinajstić information content (AvgIpc) is 2.83. The zero-order valence-electron chi connectivity index (χ0n) is 9.27. The molecule has 1 saturated carbocycles. The van der Waals surface area contributed by atoms with Crippen molar-refractivity contribution in [1.82, 2.24) is 0 Å². The molecule has 0 radical (unpaired) electrons. The Balaban J connectivity index is 2.06. The van der Waals surface area contributed by atoms with Gasteiger partial charge in [-0.3, -0.25) is 0 Å². The van der Waals surface area contributed by atoms with Gasteiger partial charge >= 0.3 is 0 Å². The number of hydrogen-bond acceptors (Lipinski definition) is 0. The number of rotatable bonds is 5. The fourth-order valence-electron chi connectivity index (χ4n) is 1.42. The first-order chi connectivity index (χ1) is 6.18. The van der Waals surface area contributed by atoms with Crippen molar-refractivity contribution in [2.24, 2.45) is 5.92 Å². The summed E-state index contributed by atoms with van der Waals surface area (Å²) in [5.41, 5.74) is 3.14. The Labute approximate surface area is 82.7 Å². The highest BCUT2D eigenvalue weighted by molar-refractivity contribution is 5.16. The zero-order chi connectivity index (χ0) is 9.68. The maximum atomic E-state index is 2.45. The van der Waals surface area contributed by atoms with E-state index in [1.54, 1.807) is 5.57 Å². The van der Waals surface area contributed by atoms with Crippen LogP contribution < -0.4 is 0 Å². The molecule has 1 unspecified atom stereocenters. The molecule has 13 heavy (non-hydrogen) atoms. The third kappa shape index (κ3) is 5.68. The van der Waals surface area contributed by atoms with E-state index in [9.17, 15) is 0 Å². The molecule has 74 valence electrons. The van der Waals surface area contributed by atoms with E-state index < -0.39 is 0 Å². The summed E-state index contributed by atoms with van der Waals surface area (Å²) < 4.78 is 0. The van der Waals surface area contributed by atoms with E-state index in [0.29, 0.717) is 0 Å². The van der Waals surface area contributed by atoms with Crippen LogP contribution in [0.4, 0.5) is 0 Å². The Bertz CT molecular complexity index is 198. The predicted molar refractivity (Wildman–Crippen MR) is 59.8 cm³/mol. The fourth-order valence-corrected chi connectivity index (χ4v) is 1.42. The van der Waals surface area contributed by atoms with Crippen LogP contribution >= 0.6 is 0 Å². The van der Waals surface area contributed by atoms with Crippen molar-refractivity contribution in [3.05, 3.63) is 23.3 Å². The van der Waals surface area contributed by atoms with Gasteiger partial charge in [0.2, 0.25) is 0 Å². The Morgan fingerprint density at radius 3 is 2.62 bits per heavy atom. The van der Waals surface area contributed by atoms with E-state index >= 15 is 0 Å². The number of hydrogen-bond donors (Lipinski definition) is 0. The molecule has 0 spiro atoms. The molecule has 0 aliphatic heterocycles. The van der Waals surface area contributed by atoms with E-state index in [1.165, 1.54) is 37.7 Å². The third-order valence-electron chi connectivity index (χ3n) is 2.56. The van der Waals surface area contributed by atoms with Gasteiger partial charge < -0.3 is 0 Å². The molecule has 0 aromatic heterocycles. The van der Waals surface area contributed by atoms with Crippen molar-refractivity contribution >= 4 is 0 Å². The minimum Gasteiger partial charge on any atom is -0.0859 e. The van der Waals surface area contributed by atoms with Gasteiger partial charge in [0.15, 0.2) is 0 Å². The van der Waals surface area contributed by atoms with Crippen LogP contribution in [0.15, 0.2) is 23.3 Å². The van der Waals surface area contributed by atoms with Gasteiger partial charge in [0.25, 0.3) is 0 Å². The summed E-state index contributed by atoms with van der Waals surface area (Å²) in [6.07, 6.45) is 11.4. The van der Waals surface area contributed by atoms with Crippen molar-refractivity contribution in [3.8, 4) is 0 Å². The van der Waals surface area contributed by atoms with E-state index in [4.69, 9.17) is 0 Å². The van der Waals surface area contributed by atoms with Crippen molar-refractivity contribution < 1.29 is 0 Å². The second-order valence-electron chi connectivity index (χ2n) is 4.56. The van der Waals surface area contributed by atoms with Gasteiger partial charge in [0.1, 0.15) is 0 Å². The third-order valence-corrected chi connectivity index (χ3v) is 2.56.